The molecule has 1 saturated heterocycles. The SMILES string of the molecule is N#Cc1cc(C(F)(F)F)cc(COCC2(c3ccccc3)CCNCC2)n1. The molecule has 0 radical (unpaired) electrons. The highest BCUT2D eigenvalue weighted by Gasteiger charge is 2.34. The van der Waals surface area contributed by atoms with E-state index in [1.165, 1.54) is 5.56 Å². The second-order valence-corrected chi connectivity index (χ2v) is 6.73. The van der Waals surface area contributed by atoms with Gasteiger partial charge in [0.2, 0.25) is 0 Å². The molecule has 0 unspecified atom stereocenters. The van der Waals surface area contributed by atoms with Crippen molar-refractivity contribution < 1.29 is 17.9 Å². The van der Waals surface area contributed by atoms with Crippen molar-refractivity contribution in [1.82, 2.24) is 10.3 Å². The molecular weight excluding hydrogens is 355 g/mol. The summed E-state index contributed by atoms with van der Waals surface area (Å²) in [5.74, 6) is 0. The zero-order chi connectivity index (χ0) is 19.3. The molecule has 4 nitrogen and oxygen atoms in total. The Morgan fingerprint density at radius 1 is 1.15 bits per heavy atom. The summed E-state index contributed by atoms with van der Waals surface area (Å²) in [5, 5.41) is 12.3. The number of rotatable bonds is 5. The molecule has 3 rings (SSSR count). The lowest BCUT2D eigenvalue weighted by molar-refractivity contribution is -0.137. The van der Waals surface area contributed by atoms with Crippen LogP contribution in [0.15, 0.2) is 42.5 Å². The summed E-state index contributed by atoms with van der Waals surface area (Å²) >= 11 is 0. The van der Waals surface area contributed by atoms with Crippen LogP contribution in [0.3, 0.4) is 0 Å². The average molecular weight is 375 g/mol. The van der Waals surface area contributed by atoms with Crippen LogP contribution < -0.4 is 5.32 Å². The van der Waals surface area contributed by atoms with E-state index in [0.717, 1.165) is 38.1 Å². The van der Waals surface area contributed by atoms with E-state index in [1.807, 2.05) is 18.2 Å². The summed E-state index contributed by atoms with van der Waals surface area (Å²) < 4.78 is 44.8. The summed E-state index contributed by atoms with van der Waals surface area (Å²) in [7, 11) is 0. The third kappa shape index (κ3) is 4.65. The monoisotopic (exact) mass is 375 g/mol. The lowest BCUT2D eigenvalue weighted by Crippen LogP contribution is -2.43. The Labute approximate surface area is 156 Å². The van der Waals surface area contributed by atoms with E-state index in [2.05, 4.69) is 22.4 Å². The average Bonchev–Trinajstić information content (AvgIpc) is 2.68. The largest absolute Gasteiger partial charge is 0.416 e. The predicted octanol–water partition coefficient (Wildman–Crippen LogP) is 3.81. The molecule has 1 N–H and O–H groups in total. The minimum atomic E-state index is -4.52. The number of nitriles is 1. The van der Waals surface area contributed by atoms with Gasteiger partial charge in [-0.1, -0.05) is 30.3 Å². The molecule has 2 heterocycles. The highest BCUT2D eigenvalue weighted by molar-refractivity contribution is 5.30. The van der Waals surface area contributed by atoms with Gasteiger partial charge in [-0.3, -0.25) is 0 Å². The van der Waals surface area contributed by atoms with Crippen LogP contribution in [0, 0.1) is 11.3 Å². The molecule has 7 heteroatoms. The summed E-state index contributed by atoms with van der Waals surface area (Å²) in [6, 6.07) is 13.4. The zero-order valence-corrected chi connectivity index (χ0v) is 14.7. The number of benzene rings is 1. The quantitative estimate of drug-likeness (QED) is 0.863. The van der Waals surface area contributed by atoms with E-state index >= 15 is 0 Å². The van der Waals surface area contributed by atoms with E-state index in [4.69, 9.17) is 10.00 Å². The number of nitrogens with one attached hydrogen (secondary N) is 1. The molecule has 2 aromatic rings. The van der Waals surface area contributed by atoms with E-state index in [1.54, 1.807) is 6.07 Å². The lowest BCUT2D eigenvalue weighted by atomic mass is 9.74. The Bertz CT molecular complexity index is 809. The second-order valence-electron chi connectivity index (χ2n) is 6.73. The number of ether oxygens (including phenoxy) is 1. The highest BCUT2D eigenvalue weighted by Crippen LogP contribution is 2.34. The molecule has 1 aromatic carbocycles. The number of hydrogen-bond acceptors (Lipinski definition) is 4. The summed E-state index contributed by atoms with van der Waals surface area (Å²) in [6.45, 7) is 2.04. The van der Waals surface area contributed by atoms with Gasteiger partial charge in [0, 0.05) is 5.41 Å². The van der Waals surface area contributed by atoms with Gasteiger partial charge >= 0.3 is 6.18 Å². The number of nitrogens with zero attached hydrogens (tertiary/aromatic N) is 2. The first-order valence-corrected chi connectivity index (χ1v) is 8.75. The van der Waals surface area contributed by atoms with Crippen molar-refractivity contribution in [2.75, 3.05) is 19.7 Å². The van der Waals surface area contributed by atoms with Gasteiger partial charge in [0.25, 0.3) is 0 Å². The van der Waals surface area contributed by atoms with Crippen molar-refractivity contribution in [3.8, 4) is 6.07 Å². The number of pyridine rings is 1. The lowest BCUT2D eigenvalue weighted by Gasteiger charge is -2.38. The molecular formula is C20H20F3N3O. The Balaban J connectivity index is 1.75. The van der Waals surface area contributed by atoms with Gasteiger partial charge in [-0.15, -0.1) is 0 Å². The molecule has 0 atom stereocenters. The van der Waals surface area contributed by atoms with Crippen molar-refractivity contribution in [3.05, 3.63) is 65.0 Å². The molecule has 1 aromatic heterocycles. The normalized spacial score (nSPS) is 16.7. The molecule has 0 bridgehead atoms. The molecule has 27 heavy (non-hydrogen) atoms. The smallest absolute Gasteiger partial charge is 0.374 e. The first-order chi connectivity index (χ1) is 12.9. The van der Waals surface area contributed by atoms with E-state index in [0.29, 0.717) is 6.61 Å². The maximum Gasteiger partial charge on any atom is 0.416 e. The van der Waals surface area contributed by atoms with E-state index in [9.17, 15) is 13.2 Å². The van der Waals surface area contributed by atoms with Crippen LogP contribution >= 0.6 is 0 Å². The molecule has 0 aliphatic carbocycles. The summed E-state index contributed by atoms with van der Waals surface area (Å²) in [6.07, 6.45) is -2.75. The molecule has 1 aliphatic rings. The fourth-order valence-corrected chi connectivity index (χ4v) is 3.45. The maximum absolute atomic E-state index is 13.0. The maximum atomic E-state index is 13.0. The van der Waals surface area contributed by atoms with Crippen LogP contribution in [0.5, 0.6) is 0 Å². The zero-order valence-electron chi connectivity index (χ0n) is 14.7. The van der Waals surface area contributed by atoms with Crippen LogP contribution in [0.4, 0.5) is 13.2 Å². The topological polar surface area (TPSA) is 57.9 Å². The molecule has 0 spiro atoms. The van der Waals surface area contributed by atoms with Crippen LogP contribution in [-0.4, -0.2) is 24.7 Å². The third-order valence-electron chi connectivity index (χ3n) is 4.90. The number of halogens is 3. The molecule has 1 aliphatic heterocycles. The Morgan fingerprint density at radius 2 is 1.85 bits per heavy atom. The van der Waals surface area contributed by atoms with Crippen LogP contribution in [0.1, 0.15) is 35.4 Å². The fourth-order valence-electron chi connectivity index (χ4n) is 3.45. The first-order valence-electron chi connectivity index (χ1n) is 8.75. The molecule has 142 valence electrons. The minimum Gasteiger partial charge on any atom is -0.374 e. The van der Waals surface area contributed by atoms with Crippen LogP contribution in [-0.2, 0) is 22.9 Å². The predicted molar refractivity (Wildman–Crippen MR) is 93.8 cm³/mol. The van der Waals surface area contributed by atoms with Crippen molar-refractivity contribution in [2.45, 2.75) is 31.0 Å². The van der Waals surface area contributed by atoms with Gasteiger partial charge in [0.05, 0.1) is 24.5 Å². The standard InChI is InChI=1S/C20H20F3N3O/c21-20(22,23)16-10-17(12-24)26-18(11-16)13-27-14-19(6-8-25-9-7-19)15-4-2-1-3-5-15/h1-5,10-11,25H,6-9,13-14H2. The Kier molecular flexibility index (Phi) is 5.78. The molecule has 0 amide bonds. The number of piperidine rings is 1. The Hall–Kier alpha value is -2.43. The van der Waals surface area contributed by atoms with Gasteiger partial charge in [-0.25, -0.2) is 4.98 Å². The first kappa shape index (κ1) is 19.3. The van der Waals surface area contributed by atoms with Gasteiger partial charge in [0.1, 0.15) is 11.8 Å². The van der Waals surface area contributed by atoms with Gasteiger partial charge in [-0.2, -0.15) is 18.4 Å². The van der Waals surface area contributed by atoms with E-state index in [-0.39, 0.29) is 23.4 Å². The van der Waals surface area contributed by atoms with E-state index < -0.39 is 11.7 Å². The highest BCUT2D eigenvalue weighted by atomic mass is 19.4. The summed E-state index contributed by atoms with van der Waals surface area (Å²) in [5.41, 5.74) is -0.0401. The van der Waals surface area contributed by atoms with Crippen molar-refractivity contribution in [3.63, 3.8) is 0 Å². The van der Waals surface area contributed by atoms with Gasteiger partial charge < -0.3 is 10.1 Å². The second kappa shape index (κ2) is 8.07. The summed E-state index contributed by atoms with van der Waals surface area (Å²) in [4.78, 5) is 3.95. The van der Waals surface area contributed by atoms with Crippen molar-refractivity contribution in [2.24, 2.45) is 0 Å². The van der Waals surface area contributed by atoms with Crippen LogP contribution in [0.2, 0.25) is 0 Å². The fraction of sp³-hybridized carbons (Fsp3) is 0.400. The van der Waals surface area contributed by atoms with Crippen molar-refractivity contribution in [1.29, 1.82) is 5.26 Å². The number of alkyl halides is 3. The number of aromatic nitrogens is 1. The van der Waals surface area contributed by atoms with Gasteiger partial charge in [0.15, 0.2) is 0 Å². The molecule has 1 fully saturated rings. The van der Waals surface area contributed by atoms with Crippen molar-refractivity contribution >= 4 is 0 Å². The Morgan fingerprint density at radius 3 is 2.48 bits per heavy atom. The number of hydrogen-bond donors (Lipinski definition) is 1. The minimum absolute atomic E-state index is 0.0688. The van der Waals surface area contributed by atoms with Crippen LogP contribution in [0.25, 0.3) is 0 Å². The van der Waals surface area contributed by atoms with Gasteiger partial charge in [-0.05, 0) is 43.6 Å². The molecule has 0 saturated carbocycles. The third-order valence-corrected chi connectivity index (χ3v) is 4.90.